The standard InChI is InChI=1S/C23H24BrN3O4/c1-29-17-5-3-14(21(10-17)30-2)12-27-20-9-15(24)4-6-18(20)22(19(11-25)23(27)28)26-16-7-8-31-13-16/h3-6,9-11,16,25-26H,7-8,12-13H2,1-2H3. The minimum atomic E-state index is -0.236. The summed E-state index contributed by atoms with van der Waals surface area (Å²) in [4.78, 5) is 13.5. The molecule has 0 radical (unpaired) electrons. The molecule has 4 rings (SSSR count). The Bertz CT molecular complexity index is 1190. The number of ether oxygens (including phenoxy) is 3. The van der Waals surface area contributed by atoms with Gasteiger partial charge < -0.3 is 29.5 Å². The zero-order chi connectivity index (χ0) is 22.0. The highest BCUT2D eigenvalue weighted by Gasteiger charge is 2.22. The van der Waals surface area contributed by atoms with Crippen molar-refractivity contribution in [3.8, 4) is 11.5 Å². The van der Waals surface area contributed by atoms with Gasteiger partial charge in [-0.25, -0.2) is 0 Å². The van der Waals surface area contributed by atoms with Gasteiger partial charge >= 0.3 is 0 Å². The molecule has 1 atom stereocenters. The molecule has 0 amide bonds. The fraction of sp³-hybridized carbons (Fsp3) is 0.304. The molecule has 0 bridgehead atoms. The average Bonchev–Trinajstić information content (AvgIpc) is 3.29. The molecule has 0 aliphatic carbocycles. The van der Waals surface area contributed by atoms with Gasteiger partial charge in [-0.1, -0.05) is 15.9 Å². The Kier molecular flexibility index (Phi) is 6.29. The van der Waals surface area contributed by atoms with E-state index in [-0.39, 0.29) is 11.6 Å². The van der Waals surface area contributed by atoms with Gasteiger partial charge in [0.1, 0.15) is 11.5 Å². The van der Waals surface area contributed by atoms with Crippen LogP contribution in [0.3, 0.4) is 0 Å². The van der Waals surface area contributed by atoms with Crippen LogP contribution in [0.15, 0.2) is 45.7 Å². The van der Waals surface area contributed by atoms with Crippen molar-refractivity contribution in [1.82, 2.24) is 4.57 Å². The van der Waals surface area contributed by atoms with Crippen LogP contribution in [-0.2, 0) is 11.3 Å². The highest BCUT2D eigenvalue weighted by molar-refractivity contribution is 9.10. The van der Waals surface area contributed by atoms with Crippen molar-refractivity contribution < 1.29 is 14.2 Å². The van der Waals surface area contributed by atoms with E-state index in [1.54, 1.807) is 24.9 Å². The SMILES string of the molecule is COc1ccc(Cn2c(=O)c(C=N)c(NC3CCOC3)c3ccc(Br)cc32)c(OC)c1. The van der Waals surface area contributed by atoms with Crippen molar-refractivity contribution >= 4 is 38.7 Å². The lowest BCUT2D eigenvalue weighted by Gasteiger charge is -2.21. The predicted octanol–water partition coefficient (Wildman–Crippen LogP) is 4.03. The molecular weight excluding hydrogens is 462 g/mol. The molecule has 7 nitrogen and oxygen atoms in total. The van der Waals surface area contributed by atoms with E-state index >= 15 is 0 Å². The van der Waals surface area contributed by atoms with Gasteiger partial charge in [-0.3, -0.25) is 4.79 Å². The third-order valence-electron chi connectivity index (χ3n) is 5.51. The second kappa shape index (κ2) is 9.11. The summed E-state index contributed by atoms with van der Waals surface area (Å²) in [6.07, 6.45) is 1.99. The smallest absolute Gasteiger partial charge is 0.262 e. The van der Waals surface area contributed by atoms with Gasteiger partial charge in [-0.15, -0.1) is 0 Å². The Morgan fingerprint density at radius 2 is 2.10 bits per heavy atom. The van der Waals surface area contributed by atoms with Crippen LogP contribution in [0.2, 0.25) is 0 Å². The first-order valence-electron chi connectivity index (χ1n) is 9.97. The first-order chi connectivity index (χ1) is 15.0. The summed E-state index contributed by atoms with van der Waals surface area (Å²) >= 11 is 3.53. The van der Waals surface area contributed by atoms with E-state index < -0.39 is 0 Å². The minimum absolute atomic E-state index is 0.113. The van der Waals surface area contributed by atoms with E-state index in [0.717, 1.165) is 33.6 Å². The van der Waals surface area contributed by atoms with Crippen molar-refractivity contribution in [3.63, 3.8) is 0 Å². The third kappa shape index (κ3) is 4.18. The number of benzene rings is 2. The molecule has 162 valence electrons. The Balaban J connectivity index is 1.90. The maximum atomic E-state index is 13.5. The van der Waals surface area contributed by atoms with Gasteiger partial charge in [0.2, 0.25) is 0 Å². The number of halogens is 1. The van der Waals surface area contributed by atoms with E-state index in [4.69, 9.17) is 19.6 Å². The molecule has 1 unspecified atom stereocenters. The van der Waals surface area contributed by atoms with Gasteiger partial charge in [0.05, 0.1) is 50.2 Å². The fourth-order valence-electron chi connectivity index (χ4n) is 3.90. The Labute approximate surface area is 188 Å². The van der Waals surface area contributed by atoms with Crippen molar-refractivity contribution in [3.05, 3.63) is 62.4 Å². The molecule has 1 fully saturated rings. The number of anilines is 1. The molecule has 1 aromatic heterocycles. The first-order valence-corrected chi connectivity index (χ1v) is 10.8. The van der Waals surface area contributed by atoms with Gasteiger partial charge in [-0.2, -0.15) is 0 Å². The zero-order valence-corrected chi connectivity index (χ0v) is 19.0. The number of nitrogens with zero attached hydrogens (tertiary/aromatic N) is 1. The predicted molar refractivity (Wildman–Crippen MR) is 125 cm³/mol. The van der Waals surface area contributed by atoms with Crippen molar-refractivity contribution in [1.29, 1.82) is 5.41 Å². The van der Waals surface area contributed by atoms with Crippen LogP contribution < -0.4 is 20.3 Å². The lowest BCUT2D eigenvalue weighted by atomic mass is 10.1. The summed E-state index contributed by atoms with van der Waals surface area (Å²) in [6.45, 7) is 1.57. The Morgan fingerprint density at radius 1 is 1.26 bits per heavy atom. The molecule has 1 aliphatic rings. The van der Waals surface area contributed by atoms with Crippen LogP contribution in [0, 0.1) is 5.41 Å². The van der Waals surface area contributed by atoms with Gasteiger partial charge in [0.15, 0.2) is 0 Å². The summed E-state index contributed by atoms with van der Waals surface area (Å²) in [5.74, 6) is 1.31. The van der Waals surface area contributed by atoms with Crippen molar-refractivity contribution in [2.45, 2.75) is 19.0 Å². The summed E-state index contributed by atoms with van der Waals surface area (Å²) in [5, 5.41) is 12.3. The molecular formula is C23H24BrN3O4. The number of rotatable bonds is 7. The maximum Gasteiger partial charge on any atom is 0.262 e. The summed E-state index contributed by atoms with van der Waals surface area (Å²) in [5.41, 5.74) is 2.38. The van der Waals surface area contributed by atoms with Crippen LogP contribution in [-0.4, -0.2) is 44.3 Å². The molecule has 31 heavy (non-hydrogen) atoms. The maximum absolute atomic E-state index is 13.5. The quantitative estimate of drug-likeness (QED) is 0.493. The van der Waals surface area contributed by atoms with Gasteiger partial charge in [0, 0.05) is 34.3 Å². The second-order valence-electron chi connectivity index (χ2n) is 7.37. The molecule has 3 aromatic rings. The van der Waals surface area contributed by atoms with Crippen LogP contribution in [0.1, 0.15) is 17.5 Å². The normalized spacial score (nSPS) is 15.8. The number of nitrogens with one attached hydrogen (secondary N) is 2. The van der Waals surface area contributed by atoms with Crippen LogP contribution in [0.4, 0.5) is 5.69 Å². The van der Waals surface area contributed by atoms with Gasteiger partial charge in [0.25, 0.3) is 5.56 Å². The number of pyridine rings is 1. The lowest BCUT2D eigenvalue weighted by Crippen LogP contribution is -2.29. The largest absolute Gasteiger partial charge is 0.497 e. The number of fused-ring (bicyclic) bond motifs is 1. The zero-order valence-electron chi connectivity index (χ0n) is 17.4. The van der Waals surface area contributed by atoms with Gasteiger partial charge in [-0.05, 0) is 36.8 Å². The number of hydrogen-bond acceptors (Lipinski definition) is 6. The van der Waals surface area contributed by atoms with E-state index in [0.29, 0.717) is 42.5 Å². The highest BCUT2D eigenvalue weighted by atomic mass is 79.9. The molecule has 8 heteroatoms. The Hall–Kier alpha value is -2.84. The molecule has 1 saturated heterocycles. The molecule has 0 saturated carbocycles. The molecule has 2 N–H and O–H groups in total. The number of hydrogen-bond donors (Lipinski definition) is 2. The van der Waals surface area contributed by atoms with E-state index in [2.05, 4.69) is 21.2 Å². The van der Waals surface area contributed by atoms with E-state index in [1.165, 1.54) is 0 Å². The summed E-state index contributed by atoms with van der Waals surface area (Å²) in [7, 11) is 3.19. The van der Waals surface area contributed by atoms with Crippen LogP contribution in [0.5, 0.6) is 11.5 Å². The summed E-state index contributed by atoms with van der Waals surface area (Å²) in [6, 6.07) is 11.5. The molecule has 0 spiro atoms. The van der Waals surface area contributed by atoms with E-state index in [1.807, 2.05) is 30.3 Å². The monoisotopic (exact) mass is 485 g/mol. The number of aromatic nitrogens is 1. The van der Waals surface area contributed by atoms with Crippen LogP contribution >= 0.6 is 15.9 Å². The third-order valence-corrected chi connectivity index (χ3v) is 6.00. The molecule has 2 aromatic carbocycles. The van der Waals surface area contributed by atoms with E-state index in [9.17, 15) is 4.79 Å². The number of methoxy groups -OCH3 is 2. The van der Waals surface area contributed by atoms with Crippen molar-refractivity contribution in [2.75, 3.05) is 32.8 Å². The van der Waals surface area contributed by atoms with Crippen LogP contribution in [0.25, 0.3) is 10.9 Å². The molecule has 2 heterocycles. The minimum Gasteiger partial charge on any atom is -0.497 e. The van der Waals surface area contributed by atoms with Crippen molar-refractivity contribution in [2.24, 2.45) is 0 Å². The average molecular weight is 486 g/mol. The second-order valence-corrected chi connectivity index (χ2v) is 8.28. The summed E-state index contributed by atoms with van der Waals surface area (Å²) < 4.78 is 18.8. The lowest BCUT2D eigenvalue weighted by molar-refractivity contribution is 0.195. The fourth-order valence-corrected chi connectivity index (χ4v) is 4.25. The topological polar surface area (TPSA) is 85.6 Å². The Morgan fingerprint density at radius 3 is 2.77 bits per heavy atom. The highest BCUT2D eigenvalue weighted by Crippen LogP contribution is 2.31. The molecule has 1 aliphatic heterocycles. The first kappa shape index (κ1) is 21.4.